The Morgan fingerprint density at radius 1 is 1.19 bits per heavy atom. The second-order valence-corrected chi connectivity index (χ2v) is 5.32. The minimum Gasteiger partial charge on any atom is -0.488 e. The zero-order valence-corrected chi connectivity index (χ0v) is 12.6. The Bertz CT molecular complexity index is 660. The van der Waals surface area contributed by atoms with Crippen molar-refractivity contribution in [2.75, 3.05) is 0 Å². The number of hydrogen-bond acceptors (Lipinski definition) is 2. The highest BCUT2D eigenvalue weighted by Crippen LogP contribution is 2.28. The molecule has 112 valence electrons. The van der Waals surface area contributed by atoms with E-state index in [1.54, 1.807) is 0 Å². The molecule has 0 spiro atoms. The van der Waals surface area contributed by atoms with Crippen molar-refractivity contribution in [3.63, 3.8) is 0 Å². The van der Waals surface area contributed by atoms with Gasteiger partial charge in [0.25, 0.3) is 0 Å². The van der Waals surface area contributed by atoms with Crippen LogP contribution >= 0.6 is 15.9 Å². The van der Waals surface area contributed by atoms with Crippen molar-refractivity contribution in [1.82, 2.24) is 0 Å². The van der Waals surface area contributed by atoms with Gasteiger partial charge in [0.15, 0.2) is 0 Å². The average molecular weight is 361 g/mol. The number of halogens is 4. The van der Waals surface area contributed by atoms with Gasteiger partial charge in [-0.2, -0.15) is 0 Å². The van der Waals surface area contributed by atoms with E-state index in [0.717, 1.165) is 18.2 Å². The molecular formula is C15H12BrF3O2. The number of aliphatic hydroxyl groups excluding tert-OH is 1. The van der Waals surface area contributed by atoms with Crippen LogP contribution in [0, 0.1) is 17.5 Å². The Morgan fingerprint density at radius 3 is 2.57 bits per heavy atom. The summed E-state index contributed by atoms with van der Waals surface area (Å²) in [6, 6.07) is 5.95. The van der Waals surface area contributed by atoms with Crippen LogP contribution in [0.15, 0.2) is 34.8 Å². The first-order valence-electron chi connectivity index (χ1n) is 6.13. The van der Waals surface area contributed by atoms with Crippen molar-refractivity contribution < 1.29 is 23.0 Å². The van der Waals surface area contributed by atoms with E-state index in [1.807, 2.05) is 0 Å². The van der Waals surface area contributed by atoms with Gasteiger partial charge in [-0.3, -0.25) is 0 Å². The van der Waals surface area contributed by atoms with Crippen molar-refractivity contribution in [3.8, 4) is 5.75 Å². The molecule has 2 aromatic carbocycles. The molecule has 0 aliphatic heterocycles. The zero-order valence-electron chi connectivity index (χ0n) is 11.0. The van der Waals surface area contributed by atoms with E-state index in [2.05, 4.69) is 15.9 Å². The summed E-state index contributed by atoms with van der Waals surface area (Å²) >= 11 is 2.97. The summed E-state index contributed by atoms with van der Waals surface area (Å²) in [7, 11) is 0. The van der Waals surface area contributed by atoms with Gasteiger partial charge in [0.2, 0.25) is 0 Å². The van der Waals surface area contributed by atoms with Crippen LogP contribution < -0.4 is 4.74 Å². The third-order valence-corrected chi connectivity index (χ3v) is 3.55. The number of rotatable bonds is 4. The maximum atomic E-state index is 13.8. The molecule has 0 aliphatic rings. The highest BCUT2D eigenvalue weighted by molar-refractivity contribution is 9.10. The third-order valence-electron chi connectivity index (χ3n) is 2.93. The molecule has 6 heteroatoms. The summed E-state index contributed by atoms with van der Waals surface area (Å²) in [6.07, 6.45) is -0.965. The molecule has 2 nitrogen and oxygen atoms in total. The lowest BCUT2D eigenvalue weighted by molar-refractivity contribution is 0.189. The second-order valence-electron chi connectivity index (χ2n) is 4.47. The molecule has 0 saturated carbocycles. The van der Waals surface area contributed by atoms with E-state index >= 15 is 0 Å². The molecule has 1 N–H and O–H groups in total. The highest BCUT2D eigenvalue weighted by atomic mass is 79.9. The van der Waals surface area contributed by atoms with Gasteiger partial charge in [-0.15, -0.1) is 0 Å². The van der Waals surface area contributed by atoms with Crippen molar-refractivity contribution in [2.24, 2.45) is 0 Å². The smallest absolute Gasteiger partial charge is 0.146 e. The van der Waals surface area contributed by atoms with Crippen molar-refractivity contribution >= 4 is 15.9 Å². The molecule has 2 aromatic rings. The van der Waals surface area contributed by atoms with Crippen LogP contribution in [0.2, 0.25) is 0 Å². The van der Waals surface area contributed by atoms with Gasteiger partial charge in [0.1, 0.15) is 29.8 Å². The standard InChI is InChI=1S/C15H12BrF3O2/c1-8(20)10-6-9(17)2-5-14(10)21-7-11-13(18)4-3-12(16)15(11)19/h2-6,8,20H,7H2,1H3. The number of ether oxygens (including phenoxy) is 1. The fourth-order valence-corrected chi connectivity index (χ4v) is 2.20. The van der Waals surface area contributed by atoms with E-state index in [-0.39, 0.29) is 28.0 Å². The van der Waals surface area contributed by atoms with E-state index in [4.69, 9.17) is 4.74 Å². The molecule has 0 bridgehead atoms. The van der Waals surface area contributed by atoms with Gasteiger partial charge in [-0.1, -0.05) is 0 Å². The van der Waals surface area contributed by atoms with Crippen LogP contribution in [0.5, 0.6) is 5.75 Å². The summed E-state index contributed by atoms with van der Waals surface area (Å²) in [4.78, 5) is 0. The maximum Gasteiger partial charge on any atom is 0.146 e. The van der Waals surface area contributed by atoms with Crippen LogP contribution in [0.25, 0.3) is 0 Å². The van der Waals surface area contributed by atoms with Crippen molar-refractivity contribution in [2.45, 2.75) is 19.6 Å². The van der Waals surface area contributed by atoms with E-state index in [1.165, 1.54) is 19.1 Å². The SMILES string of the molecule is CC(O)c1cc(F)ccc1OCc1c(F)ccc(Br)c1F. The Balaban J connectivity index is 2.27. The minimum absolute atomic E-state index is 0.123. The topological polar surface area (TPSA) is 29.5 Å². The van der Waals surface area contributed by atoms with Gasteiger partial charge >= 0.3 is 0 Å². The Morgan fingerprint density at radius 2 is 1.90 bits per heavy atom. The molecular weight excluding hydrogens is 349 g/mol. The van der Waals surface area contributed by atoms with Gasteiger partial charge < -0.3 is 9.84 Å². The molecule has 0 aromatic heterocycles. The highest BCUT2D eigenvalue weighted by Gasteiger charge is 2.15. The summed E-state index contributed by atoms with van der Waals surface area (Å²) in [5.74, 6) is -1.85. The van der Waals surface area contributed by atoms with Crippen LogP contribution in [0.3, 0.4) is 0 Å². The average Bonchev–Trinajstić information content (AvgIpc) is 2.44. The fraction of sp³-hybridized carbons (Fsp3) is 0.200. The number of benzene rings is 2. The quantitative estimate of drug-likeness (QED) is 0.813. The van der Waals surface area contributed by atoms with E-state index in [9.17, 15) is 18.3 Å². The molecule has 0 fully saturated rings. The molecule has 0 heterocycles. The molecule has 0 aliphatic carbocycles. The molecule has 2 rings (SSSR count). The molecule has 0 saturated heterocycles. The van der Waals surface area contributed by atoms with Crippen molar-refractivity contribution in [3.05, 3.63) is 63.4 Å². The van der Waals surface area contributed by atoms with Gasteiger partial charge in [-0.05, 0) is 53.2 Å². The Kier molecular flexibility index (Phi) is 4.90. The maximum absolute atomic E-state index is 13.8. The Labute approximate surface area is 128 Å². The van der Waals surface area contributed by atoms with Crippen molar-refractivity contribution in [1.29, 1.82) is 0 Å². The van der Waals surface area contributed by atoms with Crippen LogP contribution in [0.4, 0.5) is 13.2 Å². The predicted octanol–water partition coefficient (Wildman–Crippen LogP) is 4.50. The van der Waals surface area contributed by atoms with Gasteiger partial charge in [0, 0.05) is 5.56 Å². The zero-order chi connectivity index (χ0) is 15.6. The normalized spacial score (nSPS) is 12.3. The lowest BCUT2D eigenvalue weighted by Gasteiger charge is -2.14. The molecule has 1 unspecified atom stereocenters. The lowest BCUT2D eigenvalue weighted by atomic mass is 10.1. The lowest BCUT2D eigenvalue weighted by Crippen LogP contribution is -2.05. The fourth-order valence-electron chi connectivity index (χ4n) is 1.83. The minimum atomic E-state index is -0.965. The monoisotopic (exact) mass is 360 g/mol. The van der Waals surface area contributed by atoms with Gasteiger partial charge in [-0.25, -0.2) is 13.2 Å². The summed E-state index contributed by atoms with van der Waals surface area (Å²) in [6.45, 7) is 1.07. The summed E-state index contributed by atoms with van der Waals surface area (Å²) < 4.78 is 46.0. The Hall–Kier alpha value is -1.53. The molecule has 0 amide bonds. The molecule has 21 heavy (non-hydrogen) atoms. The molecule has 1 atom stereocenters. The third kappa shape index (κ3) is 3.57. The van der Waals surface area contributed by atoms with Crippen LogP contribution in [-0.4, -0.2) is 5.11 Å². The van der Waals surface area contributed by atoms with E-state index < -0.39 is 23.6 Å². The first kappa shape index (κ1) is 15.9. The van der Waals surface area contributed by atoms with Crippen LogP contribution in [0.1, 0.15) is 24.2 Å². The van der Waals surface area contributed by atoms with Crippen LogP contribution in [-0.2, 0) is 6.61 Å². The largest absolute Gasteiger partial charge is 0.488 e. The van der Waals surface area contributed by atoms with Gasteiger partial charge in [0.05, 0.1) is 16.1 Å². The number of aliphatic hydroxyl groups is 1. The first-order chi connectivity index (χ1) is 9.90. The second kappa shape index (κ2) is 6.49. The summed E-state index contributed by atoms with van der Waals surface area (Å²) in [5, 5.41) is 9.58. The molecule has 0 radical (unpaired) electrons. The predicted molar refractivity (Wildman–Crippen MR) is 75.4 cm³/mol. The number of hydrogen-bond donors (Lipinski definition) is 1. The van der Waals surface area contributed by atoms with E-state index in [0.29, 0.717) is 0 Å². The first-order valence-corrected chi connectivity index (χ1v) is 6.92. The summed E-state index contributed by atoms with van der Waals surface area (Å²) in [5.41, 5.74) is -0.0314.